The number of aromatic hydroxyl groups is 2. The molecule has 0 atom stereocenters. The smallest absolute Gasteiger partial charge is 0.162 e. The predicted molar refractivity (Wildman–Crippen MR) is 114 cm³/mol. The molecule has 4 rings (SSSR count). The van der Waals surface area contributed by atoms with Crippen LogP contribution in [-0.4, -0.2) is 10.2 Å². The van der Waals surface area contributed by atoms with Gasteiger partial charge in [0.2, 0.25) is 0 Å². The average Bonchev–Trinajstić information content (AvgIpc) is 3.05. The van der Waals surface area contributed by atoms with E-state index in [2.05, 4.69) is 31.9 Å². The van der Waals surface area contributed by atoms with Crippen molar-refractivity contribution in [2.75, 3.05) is 0 Å². The highest BCUT2D eigenvalue weighted by Gasteiger charge is 2.48. The molecule has 0 unspecified atom stereocenters. The molecule has 1 heterocycles. The molecule has 0 saturated carbocycles. The van der Waals surface area contributed by atoms with E-state index >= 15 is 0 Å². The van der Waals surface area contributed by atoms with Crippen LogP contribution in [-0.2, 0) is 9.78 Å². The fourth-order valence-corrected chi connectivity index (χ4v) is 5.74. The minimum absolute atomic E-state index is 0.178. The molecule has 0 radical (unpaired) electrons. The van der Waals surface area contributed by atoms with Crippen LogP contribution >= 0.6 is 43.9 Å². The van der Waals surface area contributed by atoms with Gasteiger partial charge in [0.05, 0.1) is 8.95 Å². The summed E-state index contributed by atoms with van der Waals surface area (Å²) in [7, 11) is 0. The maximum atomic E-state index is 10.6. The van der Waals surface area contributed by atoms with Crippen molar-refractivity contribution in [3.8, 4) is 11.5 Å². The first-order valence-electron chi connectivity index (χ1n) is 8.30. The van der Waals surface area contributed by atoms with E-state index in [1.807, 2.05) is 62.4 Å². The van der Waals surface area contributed by atoms with Crippen LogP contribution in [0.5, 0.6) is 11.5 Å². The molecule has 27 heavy (non-hydrogen) atoms. The number of fused-ring (bicyclic) bond motifs is 1. The quantitative estimate of drug-likeness (QED) is 0.385. The van der Waals surface area contributed by atoms with Gasteiger partial charge in [0.1, 0.15) is 11.5 Å². The molecule has 0 spiro atoms. The fourth-order valence-electron chi connectivity index (χ4n) is 3.37. The topological polar surface area (TPSA) is 49.7 Å². The standard InChI is InChI=1S/C21H16Br2O3S/c1-11-7-9-14(17(22)19(11)24)21(13-5-3-4-6-16(13)27-26-21)15-10-8-12(2)20(25)18(15)23/h3-10,24-25H,1-2H3. The van der Waals surface area contributed by atoms with E-state index in [-0.39, 0.29) is 11.5 Å². The Balaban J connectivity index is 2.12. The molecule has 0 aliphatic carbocycles. The highest BCUT2D eigenvalue weighted by atomic mass is 79.9. The Morgan fingerprint density at radius 1 is 0.778 bits per heavy atom. The van der Waals surface area contributed by atoms with Crippen molar-refractivity contribution in [3.05, 3.63) is 85.3 Å². The second-order valence-electron chi connectivity index (χ2n) is 6.53. The molecule has 3 aromatic carbocycles. The Morgan fingerprint density at radius 3 is 1.85 bits per heavy atom. The highest BCUT2D eigenvalue weighted by molar-refractivity contribution is 9.11. The van der Waals surface area contributed by atoms with E-state index < -0.39 is 5.60 Å². The molecule has 1 aliphatic rings. The molecule has 0 saturated heterocycles. The van der Waals surface area contributed by atoms with Gasteiger partial charge in [-0.15, -0.1) is 0 Å². The van der Waals surface area contributed by atoms with Crippen molar-refractivity contribution in [2.45, 2.75) is 24.3 Å². The van der Waals surface area contributed by atoms with Crippen molar-refractivity contribution in [2.24, 2.45) is 0 Å². The molecule has 6 heteroatoms. The third-order valence-corrected chi connectivity index (χ3v) is 7.39. The van der Waals surface area contributed by atoms with Gasteiger partial charge in [-0.05, 0) is 62.9 Å². The molecule has 0 bridgehead atoms. The number of phenols is 2. The first-order valence-corrected chi connectivity index (χ1v) is 10.6. The lowest BCUT2D eigenvalue weighted by molar-refractivity contribution is 0.201. The average molecular weight is 508 g/mol. The van der Waals surface area contributed by atoms with E-state index in [9.17, 15) is 10.2 Å². The number of phenolic OH excluding ortho intramolecular Hbond substituents is 2. The second-order valence-corrected chi connectivity index (χ2v) is 8.89. The third kappa shape index (κ3) is 2.73. The van der Waals surface area contributed by atoms with Crippen molar-refractivity contribution in [3.63, 3.8) is 0 Å². The summed E-state index contributed by atoms with van der Waals surface area (Å²) in [4.78, 5) is 0.997. The van der Waals surface area contributed by atoms with Crippen molar-refractivity contribution >= 4 is 43.9 Å². The summed E-state index contributed by atoms with van der Waals surface area (Å²) in [6, 6.07) is 15.6. The number of hydrogen-bond acceptors (Lipinski definition) is 4. The zero-order valence-electron chi connectivity index (χ0n) is 14.6. The third-order valence-electron chi connectivity index (χ3n) is 4.92. The predicted octanol–water partition coefficient (Wildman–Crippen LogP) is 6.57. The lowest BCUT2D eigenvalue weighted by Gasteiger charge is -2.32. The van der Waals surface area contributed by atoms with Crippen LogP contribution < -0.4 is 0 Å². The Hall–Kier alpha value is -1.47. The van der Waals surface area contributed by atoms with Crippen LogP contribution in [0, 0.1) is 13.8 Å². The summed E-state index contributed by atoms with van der Waals surface area (Å²) in [5.41, 5.74) is 3.05. The Morgan fingerprint density at radius 2 is 1.30 bits per heavy atom. The number of benzene rings is 3. The van der Waals surface area contributed by atoms with Gasteiger partial charge < -0.3 is 10.2 Å². The van der Waals surface area contributed by atoms with Crippen LogP contribution in [0.4, 0.5) is 0 Å². The van der Waals surface area contributed by atoms with Crippen molar-refractivity contribution < 1.29 is 14.4 Å². The van der Waals surface area contributed by atoms with Gasteiger partial charge in [-0.25, -0.2) is 0 Å². The maximum absolute atomic E-state index is 10.6. The van der Waals surface area contributed by atoms with Crippen molar-refractivity contribution in [1.82, 2.24) is 0 Å². The van der Waals surface area contributed by atoms with Gasteiger partial charge in [0.15, 0.2) is 5.60 Å². The van der Waals surface area contributed by atoms with Crippen LogP contribution in [0.15, 0.2) is 62.4 Å². The van der Waals surface area contributed by atoms with Gasteiger partial charge in [0, 0.05) is 33.6 Å². The largest absolute Gasteiger partial charge is 0.506 e. The number of hydrogen-bond donors (Lipinski definition) is 2. The monoisotopic (exact) mass is 506 g/mol. The second kappa shape index (κ2) is 6.85. The van der Waals surface area contributed by atoms with Crippen LogP contribution in [0.2, 0.25) is 0 Å². The molecule has 3 nitrogen and oxygen atoms in total. The minimum Gasteiger partial charge on any atom is -0.506 e. The maximum Gasteiger partial charge on any atom is 0.162 e. The molecule has 0 amide bonds. The van der Waals surface area contributed by atoms with E-state index in [4.69, 9.17) is 4.18 Å². The zero-order valence-corrected chi connectivity index (χ0v) is 18.6. The van der Waals surface area contributed by atoms with Crippen LogP contribution in [0.25, 0.3) is 0 Å². The van der Waals surface area contributed by atoms with E-state index in [1.165, 1.54) is 12.0 Å². The molecular formula is C21H16Br2O3S. The lowest BCUT2D eigenvalue weighted by Crippen LogP contribution is -2.29. The molecule has 0 aromatic heterocycles. The van der Waals surface area contributed by atoms with Gasteiger partial charge in [0.25, 0.3) is 0 Å². The van der Waals surface area contributed by atoms with Crippen LogP contribution in [0.3, 0.4) is 0 Å². The molecule has 0 fully saturated rings. The first kappa shape index (κ1) is 18.9. The summed E-state index contributed by atoms with van der Waals surface area (Å²) < 4.78 is 7.52. The summed E-state index contributed by atoms with van der Waals surface area (Å²) >= 11 is 8.43. The number of aryl methyl sites for hydroxylation is 2. The van der Waals surface area contributed by atoms with Gasteiger partial charge >= 0.3 is 0 Å². The lowest BCUT2D eigenvalue weighted by atomic mass is 9.79. The molecular weight excluding hydrogens is 492 g/mol. The van der Waals surface area contributed by atoms with Gasteiger partial charge in [-0.3, -0.25) is 4.18 Å². The van der Waals surface area contributed by atoms with Gasteiger partial charge in [-0.1, -0.05) is 42.5 Å². The molecule has 1 aliphatic heterocycles. The van der Waals surface area contributed by atoms with E-state index in [0.717, 1.165) is 32.7 Å². The zero-order chi connectivity index (χ0) is 19.3. The Kier molecular flexibility index (Phi) is 4.79. The Labute approximate surface area is 178 Å². The normalized spacial score (nSPS) is 15.0. The molecule has 2 N–H and O–H groups in total. The summed E-state index contributed by atoms with van der Waals surface area (Å²) in [5.74, 6) is 0.356. The SMILES string of the molecule is Cc1ccc(C2(c3ccc(C)c(O)c3Br)OSc3ccccc32)c(Br)c1O. The molecule has 138 valence electrons. The number of rotatable bonds is 2. The van der Waals surface area contributed by atoms with Crippen LogP contribution in [0.1, 0.15) is 27.8 Å². The van der Waals surface area contributed by atoms with E-state index in [1.54, 1.807) is 0 Å². The number of halogens is 2. The molecule has 3 aromatic rings. The Bertz CT molecular complexity index is 1010. The minimum atomic E-state index is -0.991. The van der Waals surface area contributed by atoms with E-state index in [0.29, 0.717) is 8.95 Å². The highest BCUT2D eigenvalue weighted by Crippen LogP contribution is 2.57. The van der Waals surface area contributed by atoms with Crippen molar-refractivity contribution in [1.29, 1.82) is 0 Å². The summed E-state index contributed by atoms with van der Waals surface area (Å²) in [6.45, 7) is 3.70. The summed E-state index contributed by atoms with van der Waals surface area (Å²) in [5, 5.41) is 21.1. The first-order chi connectivity index (χ1) is 12.9. The summed E-state index contributed by atoms with van der Waals surface area (Å²) in [6.07, 6.45) is 0. The van der Waals surface area contributed by atoms with Gasteiger partial charge in [-0.2, -0.15) is 0 Å². The fraction of sp³-hybridized carbons (Fsp3) is 0.143.